The van der Waals surface area contributed by atoms with E-state index in [1.165, 1.54) is 33.6 Å². The van der Waals surface area contributed by atoms with Gasteiger partial charge in [-0.05, 0) is 35.9 Å². The second-order valence-electron chi connectivity index (χ2n) is 6.29. The molecule has 0 saturated heterocycles. The van der Waals surface area contributed by atoms with Crippen LogP contribution in [-0.2, 0) is 10.1 Å². The second kappa shape index (κ2) is 8.61. The molecule has 0 saturated carbocycles. The Bertz CT molecular complexity index is 1260. The van der Waals surface area contributed by atoms with Crippen LogP contribution in [0.5, 0.6) is 28.7 Å². The van der Waals surface area contributed by atoms with Gasteiger partial charge in [0.15, 0.2) is 23.0 Å². The van der Waals surface area contributed by atoms with Crippen LogP contribution in [0.4, 0.5) is 13.2 Å². The minimum Gasteiger partial charge on any atom is -0.493 e. The molecule has 0 unspecified atom stereocenters. The predicted molar refractivity (Wildman–Crippen MR) is 109 cm³/mol. The van der Waals surface area contributed by atoms with Crippen molar-refractivity contribution in [2.24, 2.45) is 0 Å². The number of alkyl halides is 3. The van der Waals surface area contributed by atoms with Crippen LogP contribution in [0, 0.1) is 0 Å². The van der Waals surface area contributed by atoms with E-state index >= 15 is 0 Å². The van der Waals surface area contributed by atoms with E-state index in [0.29, 0.717) is 28.0 Å². The van der Waals surface area contributed by atoms with E-state index in [0.717, 1.165) is 13.2 Å². The number of pyridine rings is 1. The lowest BCUT2D eigenvalue weighted by molar-refractivity contribution is -0.0500. The molecule has 0 spiro atoms. The molecule has 0 aliphatic rings. The summed E-state index contributed by atoms with van der Waals surface area (Å²) in [6.07, 6.45) is 1.44. The van der Waals surface area contributed by atoms with Crippen LogP contribution in [0.2, 0.25) is 0 Å². The summed E-state index contributed by atoms with van der Waals surface area (Å²) in [5, 5.41) is 0.639. The molecule has 0 aliphatic heterocycles. The largest absolute Gasteiger partial charge is 0.534 e. The van der Waals surface area contributed by atoms with Gasteiger partial charge >= 0.3 is 15.6 Å². The van der Waals surface area contributed by atoms with Gasteiger partial charge in [0.1, 0.15) is 5.52 Å². The monoisotopic (exact) mass is 473 g/mol. The van der Waals surface area contributed by atoms with Gasteiger partial charge < -0.3 is 23.1 Å². The van der Waals surface area contributed by atoms with Gasteiger partial charge in [-0.25, -0.2) is 0 Å². The molecule has 2 aromatic carbocycles. The highest BCUT2D eigenvalue weighted by atomic mass is 32.2. The van der Waals surface area contributed by atoms with E-state index < -0.39 is 21.4 Å². The smallest absolute Gasteiger partial charge is 0.493 e. The lowest BCUT2D eigenvalue weighted by Crippen LogP contribution is -2.28. The topological polar surface area (TPSA) is 93.2 Å². The Kier molecular flexibility index (Phi) is 6.26. The summed E-state index contributed by atoms with van der Waals surface area (Å²) in [5.74, 6) is -0.163. The molecule has 1 heterocycles. The summed E-state index contributed by atoms with van der Waals surface area (Å²) < 4.78 is 86.8. The molecular weight excluding hydrogens is 455 g/mol. The fourth-order valence-corrected chi connectivity index (χ4v) is 3.45. The van der Waals surface area contributed by atoms with Crippen LogP contribution >= 0.6 is 0 Å². The number of halogens is 3. The van der Waals surface area contributed by atoms with E-state index in [4.69, 9.17) is 18.9 Å². The Labute approximate surface area is 181 Å². The van der Waals surface area contributed by atoms with Crippen molar-refractivity contribution in [3.63, 3.8) is 0 Å². The minimum atomic E-state index is -5.94. The van der Waals surface area contributed by atoms with Gasteiger partial charge in [-0.3, -0.25) is 4.98 Å². The molecule has 32 heavy (non-hydrogen) atoms. The molecule has 0 atom stereocenters. The molecule has 172 valence electrons. The van der Waals surface area contributed by atoms with Gasteiger partial charge in [0.2, 0.25) is 5.75 Å². The first-order chi connectivity index (χ1) is 15.1. The van der Waals surface area contributed by atoms with Crippen LogP contribution in [0.3, 0.4) is 0 Å². The van der Waals surface area contributed by atoms with Crippen molar-refractivity contribution in [1.29, 1.82) is 0 Å². The average Bonchev–Trinajstić information content (AvgIpc) is 2.76. The fraction of sp³-hybridized carbons (Fsp3) is 0.250. The lowest BCUT2D eigenvalue weighted by atomic mass is 10.0. The second-order valence-corrected chi connectivity index (χ2v) is 7.83. The van der Waals surface area contributed by atoms with Crippen molar-refractivity contribution < 1.29 is 44.7 Å². The molecule has 0 amide bonds. The summed E-state index contributed by atoms with van der Waals surface area (Å²) >= 11 is 0. The zero-order valence-electron chi connectivity index (χ0n) is 17.3. The normalized spacial score (nSPS) is 11.8. The summed E-state index contributed by atoms with van der Waals surface area (Å²) in [7, 11) is -0.602. The van der Waals surface area contributed by atoms with E-state index in [1.54, 1.807) is 18.2 Å². The van der Waals surface area contributed by atoms with E-state index in [9.17, 15) is 21.6 Å². The molecule has 3 aromatic rings. The van der Waals surface area contributed by atoms with Gasteiger partial charge in [-0.1, -0.05) is 0 Å². The molecule has 0 aliphatic carbocycles. The molecule has 0 bridgehead atoms. The number of benzene rings is 2. The molecule has 1 aromatic heterocycles. The molecular formula is C20H18F3NO7S. The van der Waals surface area contributed by atoms with Crippen LogP contribution < -0.4 is 23.1 Å². The number of methoxy groups -OCH3 is 4. The minimum absolute atomic E-state index is 0.0372. The summed E-state index contributed by atoms with van der Waals surface area (Å²) in [6, 6.07) is 7.63. The third-order valence-corrected chi connectivity index (χ3v) is 5.42. The van der Waals surface area contributed by atoms with Crippen molar-refractivity contribution in [1.82, 2.24) is 4.98 Å². The number of rotatable bonds is 7. The Hall–Kier alpha value is -3.41. The van der Waals surface area contributed by atoms with Gasteiger partial charge in [-0.15, -0.1) is 0 Å². The van der Waals surface area contributed by atoms with E-state index in [1.807, 2.05) is 0 Å². The first-order valence-corrected chi connectivity index (χ1v) is 10.2. The quantitative estimate of drug-likeness (QED) is 0.373. The number of fused-ring (bicyclic) bond motifs is 1. The maximum Gasteiger partial charge on any atom is 0.534 e. The zero-order chi connectivity index (χ0) is 23.7. The van der Waals surface area contributed by atoms with Crippen molar-refractivity contribution >= 4 is 21.0 Å². The number of hydrogen-bond donors (Lipinski definition) is 0. The van der Waals surface area contributed by atoms with Crippen molar-refractivity contribution in [3.05, 3.63) is 36.5 Å². The SMILES string of the molecule is COc1cc(-c2cnc3c(OC)c(OC)ccc3c2)cc(OS(=O)(=O)C(F)(F)F)c1OC. The van der Waals surface area contributed by atoms with Crippen LogP contribution in [-0.4, -0.2) is 47.3 Å². The molecule has 0 radical (unpaired) electrons. The fourth-order valence-electron chi connectivity index (χ4n) is 3.00. The molecule has 3 rings (SSSR count). The van der Waals surface area contributed by atoms with Crippen LogP contribution in [0.1, 0.15) is 0 Å². The zero-order valence-corrected chi connectivity index (χ0v) is 18.1. The van der Waals surface area contributed by atoms with Gasteiger partial charge in [0, 0.05) is 17.1 Å². The number of ether oxygens (including phenoxy) is 4. The highest BCUT2D eigenvalue weighted by Gasteiger charge is 2.49. The highest BCUT2D eigenvalue weighted by Crippen LogP contribution is 2.44. The standard InChI is InChI=1S/C20H18F3NO7S/c1-27-14-6-5-11-7-13(10-24-17(11)19(14)30-4)12-8-15(28-2)18(29-3)16(9-12)31-32(25,26)20(21,22)23/h5-10H,1-4H3. The van der Waals surface area contributed by atoms with Gasteiger partial charge in [0.05, 0.1) is 28.4 Å². The Balaban J connectivity index is 2.18. The maximum absolute atomic E-state index is 12.9. The summed E-state index contributed by atoms with van der Waals surface area (Å²) in [6.45, 7) is 0. The Morgan fingerprint density at radius 3 is 1.97 bits per heavy atom. The van der Waals surface area contributed by atoms with Crippen molar-refractivity contribution in [3.8, 4) is 39.9 Å². The van der Waals surface area contributed by atoms with Crippen LogP contribution in [0.25, 0.3) is 22.0 Å². The molecule has 0 N–H and O–H groups in total. The maximum atomic E-state index is 12.9. The Morgan fingerprint density at radius 1 is 0.781 bits per heavy atom. The van der Waals surface area contributed by atoms with Gasteiger partial charge in [-0.2, -0.15) is 21.6 Å². The number of aromatic nitrogens is 1. The first-order valence-electron chi connectivity index (χ1n) is 8.84. The third-order valence-electron chi connectivity index (χ3n) is 4.46. The van der Waals surface area contributed by atoms with E-state index in [2.05, 4.69) is 9.17 Å². The third kappa shape index (κ3) is 4.17. The predicted octanol–water partition coefficient (Wildman–Crippen LogP) is 4.16. The molecule has 8 nitrogen and oxygen atoms in total. The first kappa shape index (κ1) is 23.3. The number of nitrogens with zero attached hydrogens (tertiary/aromatic N) is 1. The van der Waals surface area contributed by atoms with Gasteiger partial charge in [0.25, 0.3) is 0 Å². The average molecular weight is 473 g/mol. The molecule has 12 heteroatoms. The van der Waals surface area contributed by atoms with Crippen molar-refractivity contribution in [2.45, 2.75) is 5.51 Å². The van der Waals surface area contributed by atoms with Crippen molar-refractivity contribution in [2.75, 3.05) is 28.4 Å². The summed E-state index contributed by atoms with van der Waals surface area (Å²) in [5.41, 5.74) is -4.41. The summed E-state index contributed by atoms with van der Waals surface area (Å²) in [4.78, 5) is 4.36. The van der Waals surface area contributed by atoms with Crippen LogP contribution in [0.15, 0.2) is 36.5 Å². The number of hydrogen-bond acceptors (Lipinski definition) is 8. The highest BCUT2D eigenvalue weighted by molar-refractivity contribution is 7.88. The molecule has 0 fully saturated rings. The lowest BCUT2D eigenvalue weighted by Gasteiger charge is -2.16. The Morgan fingerprint density at radius 2 is 1.41 bits per heavy atom. The van der Waals surface area contributed by atoms with E-state index in [-0.39, 0.29) is 17.1 Å².